The first-order valence-electron chi connectivity index (χ1n) is 6.78. The molecule has 0 amide bonds. The molecule has 0 saturated heterocycles. The molecule has 0 aromatic rings. The lowest BCUT2D eigenvalue weighted by atomic mass is 10.2. The average Bonchev–Trinajstić information content (AvgIpc) is 2.30. The molecule has 0 bridgehead atoms. The summed E-state index contributed by atoms with van der Waals surface area (Å²) in [7, 11) is 0. The molecule has 0 unspecified atom stereocenters. The molecule has 0 aromatic carbocycles. The molecule has 1 N–H and O–H groups in total. The summed E-state index contributed by atoms with van der Waals surface area (Å²) in [6.45, 7) is 17.2. The molecule has 0 aromatic heterocycles. The highest BCUT2D eigenvalue weighted by molar-refractivity contribution is 5.10. The predicted molar refractivity (Wildman–Crippen MR) is 78.8 cm³/mol. The maximum atomic E-state index is 3.74. The van der Waals surface area contributed by atoms with E-state index in [2.05, 4.69) is 32.7 Å². The largest absolute Gasteiger partial charge is 0.386 e. The molecule has 0 aliphatic carbocycles. The van der Waals surface area contributed by atoms with Crippen LogP contribution in [0.4, 0.5) is 0 Å². The third-order valence-corrected chi connectivity index (χ3v) is 1.73. The normalized spacial score (nSPS) is 8.62. The highest BCUT2D eigenvalue weighted by Crippen LogP contribution is 1.95. The molecule has 0 saturated carbocycles. The van der Waals surface area contributed by atoms with Crippen LogP contribution < -0.4 is 5.32 Å². The summed E-state index contributed by atoms with van der Waals surface area (Å²) in [5.41, 5.74) is 0.981. The molecule has 98 valence electrons. The molecule has 16 heavy (non-hydrogen) atoms. The van der Waals surface area contributed by atoms with Gasteiger partial charge >= 0.3 is 0 Å². The van der Waals surface area contributed by atoms with Crippen molar-refractivity contribution in [2.45, 2.75) is 67.2 Å². The van der Waals surface area contributed by atoms with Crippen molar-refractivity contribution in [3.63, 3.8) is 0 Å². The Morgan fingerprint density at radius 3 is 1.75 bits per heavy atom. The van der Waals surface area contributed by atoms with Crippen LogP contribution in [0.5, 0.6) is 0 Å². The fourth-order valence-electron chi connectivity index (χ4n) is 0.987. The highest BCUT2D eigenvalue weighted by atomic mass is 14.8. The minimum absolute atomic E-state index is 0.948. The number of unbranched alkanes of at least 4 members (excludes halogenated alkanes) is 3. The summed E-state index contributed by atoms with van der Waals surface area (Å²) in [5.74, 6) is 0. The Morgan fingerprint density at radius 1 is 1.06 bits per heavy atom. The number of likely N-dealkylation sites (N-methyl/N-ethyl adjacent to an activating group) is 1. The molecule has 0 atom stereocenters. The van der Waals surface area contributed by atoms with Crippen molar-refractivity contribution < 1.29 is 0 Å². The fourth-order valence-corrected chi connectivity index (χ4v) is 0.987. The van der Waals surface area contributed by atoms with Gasteiger partial charge in [0.15, 0.2) is 0 Å². The Morgan fingerprint density at radius 2 is 1.50 bits per heavy atom. The SMILES string of the molecule is C=C(/C=C\C)NCC.CC.CCCCCC. The molecule has 1 heteroatoms. The molecule has 1 nitrogen and oxygen atoms in total. The number of allylic oxidation sites excluding steroid dienone is 2. The molecular formula is C15H33N. The lowest BCUT2D eigenvalue weighted by Gasteiger charge is -1.97. The van der Waals surface area contributed by atoms with Crippen LogP contribution in [0.2, 0.25) is 0 Å². The van der Waals surface area contributed by atoms with E-state index < -0.39 is 0 Å². The summed E-state index contributed by atoms with van der Waals surface area (Å²) in [5, 5.41) is 3.07. The van der Waals surface area contributed by atoms with Crippen molar-refractivity contribution in [2.75, 3.05) is 6.54 Å². The van der Waals surface area contributed by atoms with Crippen LogP contribution in [-0.4, -0.2) is 6.54 Å². The van der Waals surface area contributed by atoms with Crippen LogP contribution in [0.3, 0.4) is 0 Å². The Kier molecular flexibility index (Phi) is 30.8. The molecular weight excluding hydrogens is 194 g/mol. The predicted octanol–water partition coefficient (Wildman–Crippen LogP) is 5.30. The highest BCUT2D eigenvalue weighted by Gasteiger charge is 1.77. The van der Waals surface area contributed by atoms with Crippen LogP contribution in [0.15, 0.2) is 24.4 Å². The van der Waals surface area contributed by atoms with E-state index in [0.29, 0.717) is 0 Å². The number of rotatable bonds is 6. The van der Waals surface area contributed by atoms with Gasteiger partial charge in [0.25, 0.3) is 0 Å². The zero-order chi connectivity index (χ0) is 13.2. The summed E-state index contributed by atoms with van der Waals surface area (Å²) in [4.78, 5) is 0. The van der Waals surface area contributed by atoms with E-state index in [-0.39, 0.29) is 0 Å². The van der Waals surface area contributed by atoms with Gasteiger partial charge in [0.2, 0.25) is 0 Å². The lowest BCUT2D eigenvalue weighted by Crippen LogP contribution is -2.08. The van der Waals surface area contributed by atoms with Gasteiger partial charge in [-0.3, -0.25) is 0 Å². The maximum absolute atomic E-state index is 3.74. The minimum atomic E-state index is 0.948. The van der Waals surface area contributed by atoms with Gasteiger partial charge in [0.05, 0.1) is 0 Å². The van der Waals surface area contributed by atoms with Crippen molar-refractivity contribution in [3.05, 3.63) is 24.4 Å². The number of hydrogen-bond acceptors (Lipinski definition) is 1. The smallest absolute Gasteiger partial charge is 0.0263 e. The molecule has 0 radical (unpaired) electrons. The maximum Gasteiger partial charge on any atom is 0.0263 e. The van der Waals surface area contributed by atoms with E-state index >= 15 is 0 Å². The van der Waals surface area contributed by atoms with Gasteiger partial charge in [-0.25, -0.2) is 0 Å². The molecule has 0 spiro atoms. The Balaban J connectivity index is -0.000000188. The van der Waals surface area contributed by atoms with Gasteiger partial charge in [0.1, 0.15) is 0 Å². The standard InChI is InChI=1S/C7H13N.C6H14.C2H6/c1-4-6-7(3)8-5-2;1-3-5-6-4-2;1-2/h4,6,8H,3,5H2,1-2H3;3-6H2,1-2H3;1-2H3/b6-4-;;. The molecule has 0 aliphatic rings. The van der Waals surface area contributed by atoms with E-state index in [1.54, 1.807) is 0 Å². The van der Waals surface area contributed by atoms with Gasteiger partial charge in [-0.2, -0.15) is 0 Å². The third-order valence-electron chi connectivity index (χ3n) is 1.73. The van der Waals surface area contributed by atoms with E-state index in [4.69, 9.17) is 0 Å². The van der Waals surface area contributed by atoms with Crippen molar-refractivity contribution in [1.29, 1.82) is 0 Å². The van der Waals surface area contributed by atoms with E-state index in [1.165, 1.54) is 25.7 Å². The second-order valence-corrected chi connectivity index (χ2v) is 3.26. The lowest BCUT2D eigenvalue weighted by molar-refractivity contribution is 0.702. The second kappa shape index (κ2) is 23.8. The van der Waals surface area contributed by atoms with E-state index in [0.717, 1.165) is 12.2 Å². The van der Waals surface area contributed by atoms with Gasteiger partial charge in [-0.05, 0) is 19.9 Å². The molecule has 0 fully saturated rings. The monoisotopic (exact) mass is 227 g/mol. The zero-order valence-electron chi connectivity index (χ0n) is 12.4. The third kappa shape index (κ3) is 29.2. The Labute approximate surface area is 104 Å². The quantitative estimate of drug-likeness (QED) is 0.479. The Hall–Kier alpha value is -0.720. The van der Waals surface area contributed by atoms with Crippen LogP contribution in [0.1, 0.15) is 67.2 Å². The fraction of sp³-hybridized carbons (Fsp3) is 0.733. The number of nitrogens with one attached hydrogen (secondary N) is 1. The summed E-state index contributed by atoms with van der Waals surface area (Å²) in [6.07, 6.45) is 9.45. The zero-order valence-corrected chi connectivity index (χ0v) is 12.4. The summed E-state index contributed by atoms with van der Waals surface area (Å²) in [6, 6.07) is 0. The Bertz CT molecular complexity index is 132. The first-order valence-corrected chi connectivity index (χ1v) is 6.78. The average molecular weight is 227 g/mol. The molecule has 0 aliphatic heterocycles. The topological polar surface area (TPSA) is 12.0 Å². The van der Waals surface area contributed by atoms with Crippen LogP contribution in [0, 0.1) is 0 Å². The molecule has 0 rings (SSSR count). The first-order chi connectivity index (χ1) is 7.72. The van der Waals surface area contributed by atoms with Crippen molar-refractivity contribution in [3.8, 4) is 0 Å². The first kappa shape index (κ1) is 20.7. The van der Waals surface area contributed by atoms with E-state index in [9.17, 15) is 0 Å². The van der Waals surface area contributed by atoms with Crippen LogP contribution >= 0.6 is 0 Å². The van der Waals surface area contributed by atoms with Crippen molar-refractivity contribution in [1.82, 2.24) is 5.32 Å². The minimum Gasteiger partial charge on any atom is -0.386 e. The molecule has 0 heterocycles. The van der Waals surface area contributed by atoms with Gasteiger partial charge in [0, 0.05) is 12.2 Å². The van der Waals surface area contributed by atoms with Crippen LogP contribution in [-0.2, 0) is 0 Å². The van der Waals surface area contributed by atoms with Crippen LogP contribution in [0.25, 0.3) is 0 Å². The van der Waals surface area contributed by atoms with Gasteiger partial charge < -0.3 is 5.32 Å². The summed E-state index contributed by atoms with van der Waals surface area (Å²) >= 11 is 0. The van der Waals surface area contributed by atoms with Gasteiger partial charge in [-0.1, -0.05) is 66.0 Å². The summed E-state index contributed by atoms with van der Waals surface area (Å²) < 4.78 is 0. The van der Waals surface area contributed by atoms with Crippen molar-refractivity contribution in [2.24, 2.45) is 0 Å². The van der Waals surface area contributed by atoms with E-state index in [1.807, 2.05) is 32.9 Å². The van der Waals surface area contributed by atoms with Gasteiger partial charge in [-0.15, -0.1) is 0 Å². The second-order valence-electron chi connectivity index (χ2n) is 3.26. The number of hydrogen-bond donors (Lipinski definition) is 1. The van der Waals surface area contributed by atoms with Crippen molar-refractivity contribution >= 4 is 0 Å².